The molecule has 132 valence electrons. The van der Waals surface area contributed by atoms with Crippen molar-refractivity contribution in [1.82, 2.24) is 4.31 Å². The number of benzene rings is 2. The summed E-state index contributed by atoms with van der Waals surface area (Å²) in [7, 11) is -3.95. The first-order chi connectivity index (χ1) is 11.8. The molecule has 0 bridgehead atoms. The van der Waals surface area contributed by atoms with E-state index in [1.165, 1.54) is 16.4 Å². The lowest BCUT2D eigenvalue weighted by Crippen LogP contribution is -2.33. The van der Waals surface area contributed by atoms with Gasteiger partial charge in [0, 0.05) is 18.2 Å². The predicted molar refractivity (Wildman–Crippen MR) is 91.8 cm³/mol. The first-order valence-corrected chi connectivity index (χ1v) is 9.40. The Hall–Kier alpha value is -2.25. The lowest BCUT2D eigenvalue weighted by molar-refractivity contribution is 0.1000. The predicted octanol–water partition coefficient (Wildman–Crippen LogP) is 2.59. The topological polar surface area (TPSA) is 80.5 Å². The van der Waals surface area contributed by atoms with Crippen molar-refractivity contribution in [1.29, 1.82) is 0 Å². The van der Waals surface area contributed by atoms with E-state index in [1.54, 1.807) is 37.3 Å². The molecule has 1 aliphatic rings. The second-order valence-electron chi connectivity index (χ2n) is 6.28. The van der Waals surface area contributed by atoms with Gasteiger partial charge in [-0.3, -0.25) is 4.79 Å². The smallest absolute Gasteiger partial charge is 0.248 e. The standard InChI is InChI=1S/C18H19FN2O3S/c1-12-2-9-16(19)17(10-12)25(23,24)21(15-7-8-15)11-13-3-5-14(6-4-13)18(20)22/h2-6,9-10,15H,7-8,11H2,1H3,(H2,20,22). The molecule has 0 heterocycles. The molecular formula is C18H19FN2O3S. The molecule has 1 fully saturated rings. The lowest BCUT2D eigenvalue weighted by Gasteiger charge is -2.22. The van der Waals surface area contributed by atoms with Gasteiger partial charge in [-0.25, -0.2) is 12.8 Å². The molecule has 0 aliphatic heterocycles. The van der Waals surface area contributed by atoms with Crippen LogP contribution >= 0.6 is 0 Å². The Bertz CT molecular complexity index is 906. The molecule has 7 heteroatoms. The van der Waals surface area contributed by atoms with Gasteiger partial charge in [-0.05, 0) is 55.2 Å². The van der Waals surface area contributed by atoms with Crippen LogP contribution in [0.3, 0.4) is 0 Å². The minimum Gasteiger partial charge on any atom is -0.366 e. The van der Waals surface area contributed by atoms with Gasteiger partial charge in [0.25, 0.3) is 0 Å². The summed E-state index contributed by atoms with van der Waals surface area (Å²) in [6.45, 7) is 1.85. The third kappa shape index (κ3) is 3.72. The zero-order valence-corrected chi connectivity index (χ0v) is 14.6. The summed E-state index contributed by atoms with van der Waals surface area (Å²) in [6, 6.07) is 10.4. The van der Waals surface area contributed by atoms with Crippen LogP contribution in [-0.4, -0.2) is 24.7 Å². The van der Waals surface area contributed by atoms with Gasteiger partial charge in [0.1, 0.15) is 10.7 Å². The summed E-state index contributed by atoms with van der Waals surface area (Å²) >= 11 is 0. The molecule has 2 aromatic carbocycles. The number of carbonyl (C=O) groups excluding carboxylic acids is 1. The lowest BCUT2D eigenvalue weighted by atomic mass is 10.1. The average Bonchev–Trinajstić information content (AvgIpc) is 3.39. The molecule has 0 unspecified atom stereocenters. The largest absolute Gasteiger partial charge is 0.366 e. The highest BCUT2D eigenvalue weighted by Gasteiger charge is 2.39. The fourth-order valence-corrected chi connectivity index (χ4v) is 4.49. The number of hydrogen-bond donors (Lipinski definition) is 1. The van der Waals surface area contributed by atoms with E-state index in [9.17, 15) is 17.6 Å². The van der Waals surface area contributed by atoms with Crippen LogP contribution in [0.15, 0.2) is 47.4 Å². The Morgan fingerprint density at radius 2 is 1.84 bits per heavy atom. The molecule has 3 rings (SSSR count). The monoisotopic (exact) mass is 362 g/mol. The first kappa shape index (κ1) is 17.6. The van der Waals surface area contributed by atoms with Crippen molar-refractivity contribution in [3.05, 3.63) is 65.0 Å². The van der Waals surface area contributed by atoms with E-state index in [0.717, 1.165) is 12.8 Å². The number of nitrogens with two attached hydrogens (primary N) is 1. The van der Waals surface area contributed by atoms with E-state index in [0.29, 0.717) is 16.7 Å². The summed E-state index contributed by atoms with van der Waals surface area (Å²) in [5.41, 5.74) is 6.97. The van der Waals surface area contributed by atoms with Crippen LogP contribution in [0.25, 0.3) is 0 Å². The van der Waals surface area contributed by atoms with Gasteiger partial charge in [0.15, 0.2) is 0 Å². The molecule has 1 amide bonds. The molecule has 1 saturated carbocycles. The number of hydrogen-bond acceptors (Lipinski definition) is 3. The summed E-state index contributed by atoms with van der Waals surface area (Å²) in [5, 5.41) is 0. The van der Waals surface area contributed by atoms with Gasteiger partial charge in [-0.1, -0.05) is 18.2 Å². The third-order valence-electron chi connectivity index (χ3n) is 4.20. The van der Waals surface area contributed by atoms with Crippen LogP contribution in [-0.2, 0) is 16.6 Å². The maximum Gasteiger partial charge on any atom is 0.248 e. The minimum atomic E-state index is -3.95. The zero-order chi connectivity index (χ0) is 18.2. The SMILES string of the molecule is Cc1ccc(F)c(S(=O)(=O)N(Cc2ccc(C(N)=O)cc2)C2CC2)c1. The number of sulfonamides is 1. The number of carbonyl (C=O) groups is 1. The van der Waals surface area contributed by atoms with Gasteiger partial charge in [-0.15, -0.1) is 0 Å². The van der Waals surface area contributed by atoms with Crippen molar-refractivity contribution in [2.24, 2.45) is 5.73 Å². The summed E-state index contributed by atoms with van der Waals surface area (Å²) in [5.74, 6) is -1.29. The molecule has 0 aromatic heterocycles. The number of rotatable bonds is 6. The van der Waals surface area contributed by atoms with Gasteiger partial charge in [0.05, 0.1) is 0 Å². The maximum absolute atomic E-state index is 14.1. The normalized spacial score (nSPS) is 14.7. The van der Waals surface area contributed by atoms with Crippen LogP contribution < -0.4 is 5.73 Å². The minimum absolute atomic E-state index is 0.124. The van der Waals surface area contributed by atoms with Crippen molar-refractivity contribution in [3.8, 4) is 0 Å². The van der Waals surface area contributed by atoms with Gasteiger partial charge in [0.2, 0.25) is 15.9 Å². The maximum atomic E-state index is 14.1. The summed E-state index contributed by atoms with van der Waals surface area (Å²) in [6.07, 6.45) is 1.51. The van der Waals surface area contributed by atoms with Gasteiger partial charge < -0.3 is 5.73 Å². The van der Waals surface area contributed by atoms with Gasteiger partial charge >= 0.3 is 0 Å². The van der Waals surface area contributed by atoms with E-state index in [-0.39, 0.29) is 17.5 Å². The van der Waals surface area contributed by atoms with Crippen LogP contribution in [0.5, 0.6) is 0 Å². The Kier molecular flexibility index (Phi) is 4.62. The number of aryl methyl sites for hydroxylation is 1. The number of primary amides is 1. The van der Waals surface area contributed by atoms with E-state index < -0.39 is 21.7 Å². The molecule has 1 aliphatic carbocycles. The van der Waals surface area contributed by atoms with E-state index in [4.69, 9.17) is 5.73 Å². The summed E-state index contributed by atoms with van der Waals surface area (Å²) in [4.78, 5) is 10.8. The molecular weight excluding hydrogens is 343 g/mol. The highest BCUT2D eigenvalue weighted by molar-refractivity contribution is 7.89. The fraction of sp³-hybridized carbons (Fsp3) is 0.278. The Morgan fingerprint density at radius 1 is 1.20 bits per heavy atom. The van der Waals surface area contributed by atoms with Crippen molar-refractivity contribution >= 4 is 15.9 Å². The van der Waals surface area contributed by atoms with E-state index >= 15 is 0 Å². The molecule has 0 radical (unpaired) electrons. The van der Waals surface area contributed by atoms with Gasteiger partial charge in [-0.2, -0.15) is 4.31 Å². The van der Waals surface area contributed by atoms with Crippen LogP contribution in [0.1, 0.15) is 34.3 Å². The Balaban J connectivity index is 1.93. The molecule has 0 spiro atoms. The first-order valence-electron chi connectivity index (χ1n) is 7.96. The summed E-state index contributed by atoms with van der Waals surface area (Å²) < 4.78 is 41.4. The van der Waals surface area contributed by atoms with Crippen LogP contribution in [0.2, 0.25) is 0 Å². The molecule has 0 atom stereocenters. The molecule has 2 aromatic rings. The van der Waals surface area contributed by atoms with Crippen molar-refractivity contribution in [3.63, 3.8) is 0 Å². The number of amides is 1. The quantitative estimate of drug-likeness (QED) is 0.858. The van der Waals surface area contributed by atoms with Crippen molar-refractivity contribution < 1.29 is 17.6 Å². The van der Waals surface area contributed by atoms with Crippen molar-refractivity contribution in [2.75, 3.05) is 0 Å². The highest BCUT2D eigenvalue weighted by atomic mass is 32.2. The highest BCUT2D eigenvalue weighted by Crippen LogP contribution is 2.34. The molecule has 5 nitrogen and oxygen atoms in total. The molecule has 0 saturated heterocycles. The number of nitrogens with zero attached hydrogens (tertiary/aromatic N) is 1. The fourth-order valence-electron chi connectivity index (χ4n) is 2.66. The second-order valence-corrected chi connectivity index (χ2v) is 8.14. The van der Waals surface area contributed by atoms with Crippen LogP contribution in [0.4, 0.5) is 4.39 Å². The molecule has 2 N–H and O–H groups in total. The van der Waals surface area contributed by atoms with Crippen LogP contribution in [0, 0.1) is 12.7 Å². The average molecular weight is 362 g/mol. The number of halogens is 1. The second kappa shape index (κ2) is 6.57. The Morgan fingerprint density at radius 3 is 2.40 bits per heavy atom. The van der Waals surface area contributed by atoms with Crippen molar-refractivity contribution in [2.45, 2.75) is 37.2 Å². The zero-order valence-electron chi connectivity index (χ0n) is 13.8. The van der Waals surface area contributed by atoms with E-state index in [2.05, 4.69) is 0 Å². The third-order valence-corrected chi connectivity index (χ3v) is 6.12. The Labute approximate surface area is 146 Å². The molecule has 25 heavy (non-hydrogen) atoms. The van der Waals surface area contributed by atoms with E-state index in [1.807, 2.05) is 0 Å².